The van der Waals surface area contributed by atoms with Gasteiger partial charge in [-0.25, -0.2) is 0 Å². The van der Waals surface area contributed by atoms with Crippen LogP contribution in [0, 0.1) is 11.7 Å². The third-order valence-corrected chi connectivity index (χ3v) is 3.77. The second-order valence-electron chi connectivity index (χ2n) is 5.12. The van der Waals surface area contributed by atoms with Crippen molar-refractivity contribution in [3.8, 4) is 22.9 Å². The molecule has 0 aliphatic rings. The van der Waals surface area contributed by atoms with E-state index in [-0.39, 0.29) is 0 Å². The van der Waals surface area contributed by atoms with Crippen molar-refractivity contribution in [1.29, 1.82) is 0 Å². The van der Waals surface area contributed by atoms with Gasteiger partial charge in [0.2, 0.25) is 4.77 Å². The maximum atomic E-state index is 5.85. The van der Waals surface area contributed by atoms with Gasteiger partial charge in [0, 0.05) is 5.56 Å². The summed E-state index contributed by atoms with van der Waals surface area (Å²) in [5.41, 5.74) is 3.23. The number of hydrogen-bond acceptors (Lipinski definition) is 4. The lowest BCUT2D eigenvalue weighted by Gasteiger charge is -2.10. The number of methoxy groups -OCH3 is 1. The molecule has 2 aromatic carbocycles. The number of aryl methyl sites for hydroxylation is 1. The van der Waals surface area contributed by atoms with Crippen LogP contribution in [0.2, 0.25) is 0 Å². The van der Waals surface area contributed by atoms with Crippen LogP contribution in [-0.4, -0.2) is 22.3 Å². The molecule has 2 N–H and O–H groups in total. The molecule has 5 nitrogen and oxygen atoms in total. The number of benzene rings is 2. The molecular formula is C17H17N3O2S. The minimum atomic E-state index is 0.441. The zero-order valence-corrected chi connectivity index (χ0v) is 13.7. The minimum Gasteiger partial charge on any atom is -0.497 e. The Morgan fingerprint density at radius 1 is 1.04 bits per heavy atom. The number of aromatic nitrogens is 3. The van der Waals surface area contributed by atoms with Gasteiger partial charge < -0.3 is 9.47 Å². The first-order valence-electron chi connectivity index (χ1n) is 7.17. The Balaban J connectivity index is 1.77. The lowest BCUT2D eigenvalue weighted by atomic mass is 10.1. The van der Waals surface area contributed by atoms with E-state index in [2.05, 4.69) is 28.2 Å². The number of aromatic amines is 2. The maximum Gasteiger partial charge on any atom is 0.213 e. The zero-order chi connectivity index (χ0) is 16.2. The third-order valence-electron chi connectivity index (χ3n) is 3.58. The molecule has 0 fully saturated rings. The minimum absolute atomic E-state index is 0.441. The SMILES string of the molecule is COc1ccc(OCc2cc(-c3nc(=S)[nH][nH]3)ccc2C)cc1. The van der Waals surface area contributed by atoms with E-state index >= 15 is 0 Å². The summed E-state index contributed by atoms with van der Waals surface area (Å²) in [6.07, 6.45) is 0. The predicted octanol–water partition coefficient (Wildman–Crippen LogP) is 4.03. The molecule has 0 amide bonds. The van der Waals surface area contributed by atoms with Crippen LogP contribution in [-0.2, 0) is 6.61 Å². The van der Waals surface area contributed by atoms with E-state index in [4.69, 9.17) is 21.7 Å². The molecule has 23 heavy (non-hydrogen) atoms. The average Bonchev–Trinajstić information content (AvgIpc) is 3.01. The molecule has 0 saturated heterocycles. The summed E-state index contributed by atoms with van der Waals surface area (Å²) >= 11 is 4.99. The molecule has 0 aliphatic carbocycles. The molecule has 118 valence electrons. The van der Waals surface area contributed by atoms with Crippen molar-refractivity contribution in [2.75, 3.05) is 7.11 Å². The van der Waals surface area contributed by atoms with Crippen molar-refractivity contribution >= 4 is 12.2 Å². The van der Waals surface area contributed by atoms with Gasteiger partial charge >= 0.3 is 0 Å². The molecule has 0 aliphatic heterocycles. The number of rotatable bonds is 5. The second-order valence-corrected chi connectivity index (χ2v) is 5.51. The number of nitrogens with zero attached hydrogens (tertiary/aromatic N) is 1. The fourth-order valence-electron chi connectivity index (χ4n) is 2.21. The summed E-state index contributed by atoms with van der Waals surface area (Å²) in [6, 6.07) is 13.7. The van der Waals surface area contributed by atoms with E-state index < -0.39 is 0 Å². The van der Waals surface area contributed by atoms with Crippen LogP contribution in [0.4, 0.5) is 0 Å². The molecule has 0 spiro atoms. The first-order chi connectivity index (χ1) is 11.2. The lowest BCUT2D eigenvalue weighted by molar-refractivity contribution is 0.304. The topological polar surface area (TPSA) is 62.9 Å². The predicted molar refractivity (Wildman–Crippen MR) is 91.3 cm³/mol. The van der Waals surface area contributed by atoms with Gasteiger partial charge in [0.15, 0.2) is 5.82 Å². The van der Waals surface area contributed by atoms with Crippen molar-refractivity contribution < 1.29 is 9.47 Å². The third kappa shape index (κ3) is 3.60. The summed E-state index contributed by atoms with van der Waals surface area (Å²) in [5, 5.41) is 5.77. The number of ether oxygens (including phenoxy) is 2. The van der Waals surface area contributed by atoms with Crippen LogP contribution in [0.15, 0.2) is 42.5 Å². The summed E-state index contributed by atoms with van der Waals surface area (Å²) in [4.78, 5) is 4.24. The maximum absolute atomic E-state index is 5.85. The van der Waals surface area contributed by atoms with Crippen LogP contribution in [0.5, 0.6) is 11.5 Å². The highest BCUT2D eigenvalue weighted by molar-refractivity contribution is 7.71. The van der Waals surface area contributed by atoms with E-state index in [9.17, 15) is 0 Å². The van der Waals surface area contributed by atoms with E-state index in [1.54, 1.807) is 7.11 Å². The van der Waals surface area contributed by atoms with Crippen LogP contribution >= 0.6 is 12.2 Å². The first-order valence-corrected chi connectivity index (χ1v) is 7.58. The van der Waals surface area contributed by atoms with Crippen LogP contribution in [0.3, 0.4) is 0 Å². The molecule has 3 aromatic rings. The highest BCUT2D eigenvalue weighted by atomic mass is 32.1. The normalized spacial score (nSPS) is 10.5. The smallest absolute Gasteiger partial charge is 0.213 e. The van der Waals surface area contributed by atoms with Gasteiger partial charge in [0.05, 0.1) is 7.11 Å². The Kier molecular flexibility index (Phi) is 4.43. The van der Waals surface area contributed by atoms with Gasteiger partial charge in [-0.3, -0.25) is 10.2 Å². The van der Waals surface area contributed by atoms with Crippen molar-refractivity contribution in [2.24, 2.45) is 0 Å². The Labute approximate surface area is 139 Å². The standard InChI is InChI=1S/C17H17N3O2S/c1-11-3-4-12(16-18-17(23)20-19-16)9-13(11)10-22-15-7-5-14(21-2)6-8-15/h3-9H,10H2,1-2H3,(H2,18,19,20,23). The molecule has 0 atom stereocenters. The molecule has 0 bridgehead atoms. The fourth-order valence-corrected chi connectivity index (χ4v) is 2.36. The van der Waals surface area contributed by atoms with Crippen LogP contribution in [0.25, 0.3) is 11.4 Å². The van der Waals surface area contributed by atoms with E-state index in [1.165, 1.54) is 0 Å². The Morgan fingerprint density at radius 3 is 2.43 bits per heavy atom. The molecule has 0 unspecified atom stereocenters. The molecule has 1 heterocycles. The van der Waals surface area contributed by atoms with Gasteiger partial charge in [-0.15, -0.1) is 0 Å². The van der Waals surface area contributed by atoms with Gasteiger partial charge in [0.1, 0.15) is 18.1 Å². The van der Waals surface area contributed by atoms with Crippen LogP contribution < -0.4 is 9.47 Å². The molecule has 0 saturated carbocycles. The number of H-pyrrole nitrogens is 2. The highest BCUT2D eigenvalue weighted by Crippen LogP contribution is 2.22. The van der Waals surface area contributed by atoms with Crippen molar-refractivity contribution in [1.82, 2.24) is 15.2 Å². The van der Waals surface area contributed by atoms with E-state index in [0.717, 1.165) is 34.0 Å². The Bertz CT molecular complexity index is 853. The summed E-state index contributed by atoms with van der Waals surface area (Å²) < 4.78 is 11.4. The Morgan fingerprint density at radius 2 is 1.78 bits per heavy atom. The summed E-state index contributed by atoms with van der Waals surface area (Å²) in [7, 11) is 1.64. The van der Waals surface area contributed by atoms with Crippen molar-refractivity contribution in [3.05, 3.63) is 58.4 Å². The molecule has 6 heteroatoms. The second kappa shape index (κ2) is 6.66. The van der Waals surface area contributed by atoms with E-state index in [0.29, 0.717) is 11.4 Å². The van der Waals surface area contributed by atoms with Gasteiger partial charge in [-0.2, -0.15) is 4.98 Å². The average molecular weight is 327 g/mol. The molecule has 3 rings (SSSR count). The van der Waals surface area contributed by atoms with Gasteiger partial charge in [-0.05, 0) is 60.6 Å². The molecule has 1 aromatic heterocycles. The van der Waals surface area contributed by atoms with Crippen LogP contribution in [0.1, 0.15) is 11.1 Å². The van der Waals surface area contributed by atoms with E-state index in [1.807, 2.05) is 36.4 Å². The quantitative estimate of drug-likeness (QED) is 0.695. The largest absolute Gasteiger partial charge is 0.497 e. The summed E-state index contributed by atoms with van der Waals surface area (Å²) in [5.74, 6) is 2.33. The number of hydrogen-bond donors (Lipinski definition) is 2. The zero-order valence-electron chi connectivity index (χ0n) is 12.9. The van der Waals surface area contributed by atoms with Gasteiger partial charge in [-0.1, -0.05) is 12.1 Å². The Hall–Kier alpha value is -2.60. The van der Waals surface area contributed by atoms with Gasteiger partial charge in [0.25, 0.3) is 0 Å². The summed E-state index contributed by atoms with van der Waals surface area (Å²) in [6.45, 7) is 2.54. The monoisotopic (exact) mass is 327 g/mol. The fraction of sp³-hybridized carbons (Fsp3) is 0.176. The molecule has 0 radical (unpaired) electrons. The number of nitrogens with one attached hydrogen (secondary N) is 2. The first kappa shape index (κ1) is 15.3. The highest BCUT2D eigenvalue weighted by Gasteiger charge is 2.06. The molecular weight excluding hydrogens is 310 g/mol. The van der Waals surface area contributed by atoms with Crippen molar-refractivity contribution in [2.45, 2.75) is 13.5 Å². The lowest BCUT2D eigenvalue weighted by Crippen LogP contribution is -1.99. The van der Waals surface area contributed by atoms with Crippen molar-refractivity contribution in [3.63, 3.8) is 0 Å².